The normalized spacial score (nSPS) is 11.1. The standard InChI is InChI=1S/C25H20N4O3S/c1-31-24(30)23-21(15-33-25-28-26-16-29(25)14-18-10-7-13-32-18)27-20-12-6-5-11-19(20)22(23)17-8-3-2-4-9-17/h2-13,16H,14-15H2,1H3. The van der Waals surface area contributed by atoms with E-state index in [1.54, 1.807) is 12.6 Å². The van der Waals surface area contributed by atoms with Gasteiger partial charge in [-0.25, -0.2) is 4.79 Å². The molecule has 5 aromatic rings. The number of fused-ring (bicyclic) bond motifs is 1. The molecule has 0 aliphatic heterocycles. The Labute approximate surface area is 194 Å². The zero-order valence-corrected chi connectivity index (χ0v) is 18.7. The number of rotatable bonds is 7. The molecule has 5 rings (SSSR count). The van der Waals surface area contributed by atoms with E-state index in [-0.39, 0.29) is 0 Å². The van der Waals surface area contributed by atoms with Crippen LogP contribution in [0.15, 0.2) is 88.9 Å². The Morgan fingerprint density at radius 3 is 2.67 bits per heavy atom. The van der Waals surface area contributed by atoms with Gasteiger partial charge in [0.2, 0.25) is 0 Å². The van der Waals surface area contributed by atoms with E-state index in [9.17, 15) is 4.79 Å². The molecule has 0 radical (unpaired) electrons. The number of methoxy groups -OCH3 is 1. The molecule has 0 aliphatic rings. The van der Waals surface area contributed by atoms with Crippen molar-refractivity contribution in [3.63, 3.8) is 0 Å². The van der Waals surface area contributed by atoms with E-state index in [1.807, 2.05) is 71.3 Å². The van der Waals surface area contributed by atoms with Crippen LogP contribution in [0.1, 0.15) is 21.8 Å². The van der Waals surface area contributed by atoms with Crippen LogP contribution in [0, 0.1) is 0 Å². The van der Waals surface area contributed by atoms with Crippen LogP contribution in [0.2, 0.25) is 0 Å². The fraction of sp³-hybridized carbons (Fsp3) is 0.120. The lowest BCUT2D eigenvalue weighted by Gasteiger charge is -2.16. The van der Waals surface area contributed by atoms with Crippen LogP contribution in [-0.2, 0) is 17.0 Å². The summed E-state index contributed by atoms with van der Waals surface area (Å²) in [5.74, 6) is 0.813. The lowest BCUT2D eigenvalue weighted by atomic mass is 9.94. The van der Waals surface area contributed by atoms with E-state index in [1.165, 1.54) is 18.9 Å². The van der Waals surface area contributed by atoms with E-state index >= 15 is 0 Å². The number of carbonyl (C=O) groups is 1. The molecule has 2 aromatic carbocycles. The van der Waals surface area contributed by atoms with Gasteiger partial charge in [-0.05, 0) is 23.8 Å². The third-order valence-electron chi connectivity index (χ3n) is 5.24. The highest BCUT2D eigenvalue weighted by Crippen LogP contribution is 2.35. The number of hydrogen-bond acceptors (Lipinski definition) is 7. The van der Waals surface area contributed by atoms with Gasteiger partial charge in [-0.3, -0.25) is 4.98 Å². The molecule has 0 saturated heterocycles. The smallest absolute Gasteiger partial charge is 0.340 e. The van der Waals surface area contributed by atoms with Crippen LogP contribution < -0.4 is 0 Å². The Morgan fingerprint density at radius 1 is 1.06 bits per heavy atom. The maximum Gasteiger partial charge on any atom is 0.340 e. The van der Waals surface area contributed by atoms with Crippen LogP contribution in [0.25, 0.3) is 22.0 Å². The zero-order chi connectivity index (χ0) is 22.6. The van der Waals surface area contributed by atoms with Gasteiger partial charge in [0, 0.05) is 16.7 Å². The van der Waals surface area contributed by atoms with Crippen LogP contribution in [-0.4, -0.2) is 32.8 Å². The highest BCUT2D eigenvalue weighted by molar-refractivity contribution is 7.98. The van der Waals surface area contributed by atoms with Crippen molar-refractivity contribution in [3.05, 3.63) is 96.3 Å². The van der Waals surface area contributed by atoms with E-state index in [4.69, 9.17) is 14.1 Å². The molecule has 3 aromatic heterocycles. The second-order valence-corrected chi connectivity index (χ2v) is 8.24. The molecule has 0 unspecified atom stereocenters. The molecule has 0 aliphatic carbocycles. The van der Waals surface area contributed by atoms with Gasteiger partial charge in [0.05, 0.1) is 36.7 Å². The summed E-state index contributed by atoms with van der Waals surface area (Å²) in [6, 6.07) is 21.4. The molecule has 0 fully saturated rings. The van der Waals surface area contributed by atoms with Gasteiger partial charge in [-0.15, -0.1) is 10.2 Å². The number of pyridine rings is 1. The molecule has 0 amide bonds. The quantitative estimate of drug-likeness (QED) is 0.245. The summed E-state index contributed by atoms with van der Waals surface area (Å²) in [6.07, 6.45) is 3.30. The van der Waals surface area contributed by atoms with E-state index in [2.05, 4.69) is 10.2 Å². The average Bonchev–Trinajstić information content (AvgIpc) is 3.54. The van der Waals surface area contributed by atoms with Gasteiger partial charge in [0.15, 0.2) is 5.16 Å². The number of hydrogen-bond donors (Lipinski definition) is 0. The average molecular weight is 457 g/mol. The van der Waals surface area contributed by atoms with Gasteiger partial charge in [0.25, 0.3) is 0 Å². The molecule has 8 heteroatoms. The number of thioether (sulfide) groups is 1. The number of carbonyl (C=O) groups excluding carboxylic acids is 1. The Morgan fingerprint density at radius 2 is 1.88 bits per heavy atom. The molecule has 7 nitrogen and oxygen atoms in total. The Balaban J connectivity index is 1.58. The molecule has 33 heavy (non-hydrogen) atoms. The third-order valence-corrected chi connectivity index (χ3v) is 6.24. The fourth-order valence-corrected chi connectivity index (χ4v) is 4.62. The van der Waals surface area contributed by atoms with Crippen LogP contribution in [0.5, 0.6) is 0 Å². The molecule has 0 atom stereocenters. The van der Waals surface area contributed by atoms with Crippen LogP contribution >= 0.6 is 11.8 Å². The van der Waals surface area contributed by atoms with E-state index in [0.29, 0.717) is 28.7 Å². The highest BCUT2D eigenvalue weighted by Gasteiger charge is 2.23. The van der Waals surface area contributed by atoms with E-state index < -0.39 is 5.97 Å². The largest absolute Gasteiger partial charge is 0.467 e. The van der Waals surface area contributed by atoms with Gasteiger partial charge in [-0.2, -0.15) is 0 Å². The third kappa shape index (κ3) is 4.25. The topological polar surface area (TPSA) is 83.0 Å². The molecule has 164 valence electrons. The summed E-state index contributed by atoms with van der Waals surface area (Å²) < 4.78 is 12.5. The second kappa shape index (κ2) is 9.30. The summed E-state index contributed by atoms with van der Waals surface area (Å²) in [7, 11) is 1.39. The SMILES string of the molecule is COC(=O)c1c(CSc2nncn2Cc2ccco2)nc2ccccc2c1-c1ccccc1. The van der Waals surface area contributed by atoms with Gasteiger partial charge >= 0.3 is 5.97 Å². The van der Waals surface area contributed by atoms with Crippen LogP contribution in [0.4, 0.5) is 0 Å². The summed E-state index contributed by atoms with van der Waals surface area (Å²) in [5.41, 5.74) is 3.67. The van der Waals surface area contributed by atoms with Crippen molar-refractivity contribution < 1.29 is 13.9 Å². The van der Waals surface area contributed by atoms with Gasteiger partial charge < -0.3 is 13.7 Å². The predicted molar refractivity (Wildman–Crippen MR) is 126 cm³/mol. The van der Waals surface area contributed by atoms with Gasteiger partial charge in [-0.1, -0.05) is 60.3 Å². The van der Waals surface area contributed by atoms with Crippen molar-refractivity contribution >= 4 is 28.6 Å². The number of esters is 1. The number of nitrogens with zero attached hydrogens (tertiary/aromatic N) is 4. The molecular formula is C25H20N4O3S. The first-order valence-electron chi connectivity index (χ1n) is 10.3. The Hall–Kier alpha value is -3.91. The molecule has 0 spiro atoms. The minimum absolute atomic E-state index is 0.417. The monoisotopic (exact) mass is 456 g/mol. The number of ether oxygens (including phenoxy) is 1. The van der Waals surface area contributed by atoms with Gasteiger partial charge in [0.1, 0.15) is 12.1 Å². The zero-order valence-electron chi connectivity index (χ0n) is 17.8. The summed E-state index contributed by atoms with van der Waals surface area (Å²) in [4.78, 5) is 17.8. The van der Waals surface area contributed by atoms with Crippen LogP contribution in [0.3, 0.4) is 0 Å². The maximum atomic E-state index is 13.0. The van der Waals surface area contributed by atoms with E-state index in [0.717, 1.165) is 27.8 Å². The minimum atomic E-state index is -0.417. The van der Waals surface area contributed by atoms with Crippen molar-refractivity contribution in [2.75, 3.05) is 7.11 Å². The summed E-state index contributed by atoms with van der Waals surface area (Å²) in [5, 5.41) is 9.89. The molecule has 0 bridgehead atoms. The van der Waals surface area contributed by atoms with Crippen molar-refractivity contribution in [2.24, 2.45) is 0 Å². The number of aromatic nitrogens is 4. The first-order chi connectivity index (χ1) is 16.2. The lowest BCUT2D eigenvalue weighted by Crippen LogP contribution is -2.11. The minimum Gasteiger partial charge on any atom is -0.467 e. The summed E-state index contributed by atoms with van der Waals surface area (Å²) >= 11 is 1.46. The maximum absolute atomic E-state index is 13.0. The van der Waals surface area contributed by atoms with Crippen molar-refractivity contribution in [2.45, 2.75) is 17.5 Å². The predicted octanol–water partition coefficient (Wildman–Crippen LogP) is 5.21. The first-order valence-corrected chi connectivity index (χ1v) is 11.3. The van der Waals surface area contributed by atoms with Crippen molar-refractivity contribution in [1.82, 2.24) is 19.7 Å². The number of para-hydroxylation sites is 1. The Kier molecular flexibility index (Phi) is 5.91. The number of furan rings is 1. The van der Waals surface area contributed by atoms with Crippen molar-refractivity contribution in [3.8, 4) is 11.1 Å². The molecule has 0 saturated carbocycles. The van der Waals surface area contributed by atoms with Crippen molar-refractivity contribution in [1.29, 1.82) is 0 Å². The fourth-order valence-electron chi connectivity index (χ4n) is 3.76. The Bertz CT molecular complexity index is 1400. The molecule has 3 heterocycles. The number of benzene rings is 2. The molecule has 0 N–H and O–H groups in total. The molecular weight excluding hydrogens is 436 g/mol. The first kappa shape index (κ1) is 21.0. The second-order valence-electron chi connectivity index (χ2n) is 7.29. The summed E-state index contributed by atoms with van der Waals surface area (Å²) in [6.45, 7) is 0.520. The highest BCUT2D eigenvalue weighted by atomic mass is 32.2. The lowest BCUT2D eigenvalue weighted by molar-refractivity contribution is 0.0600.